The second kappa shape index (κ2) is 6.30. The van der Waals surface area contributed by atoms with Crippen LogP contribution in [0.25, 0.3) is 5.82 Å². The molecule has 0 amide bonds. The van der Waals surface area contributed by atoms with Crippen LogP contribution in [-0.4, -0.2) is 38.7 Å². The van der Waals surface area contributed by atoms with E-state index in [-0.39, 0.29) is 29.0 Å². The van der Waals surface area contributed by atoms with Crippen molar-refractivity contribution in [2.24, 2.45) is 16.7 Å². The minimum Gasteiger partial charge on any atom is -0.469 e. The van der Waals surface area contributed by atoms with Gasteiger partial charge in [-0.05, 0) is 69.4 Å². The van der Waals surface area contributed by atoms with E-state index in [2.05, 4.69) is 10.1 Å². The van der Waals surface area contributed by atoms with Crippen LogP contribution in [0.15, 0.2) is 24.4 Å². The molecule has 3 aliphatic rings. The number of hydrogen-bond acceptors (Lipinski definition) is 6. The lowest BCUT2D eigenvalue weighted by atomic mass is 10.2. The Labute approximate surface area is 179 Å². The summed E-state index contributed by atoms with van der Waals surface area (Å²) in [7, 11) is 0. The van der Waals surface area contributed by atoms with Gasteiger partial charge in [0.2, 0.25) is 5.88 Å². The molecule has 0 unspecified atom stereocenters. The number of carbonyl (C=O) groups is 2. The number of aromatic nitrogens is 3. The summed E-state index contributed by atoms with van der Waals surface area (Å²) in [5, 5.41) is 4.35. The van der Waals surface area contributed by atoms with Gasteiger partial charge >= 0.3 is 5.97 Å². The Kier molecular flexibility index (Phi) is 4.10. The molecule has 2 aromatic rings. The normalized spacial score (nSPS) is 20.3. The van der Waals surface area contributed by atoms with Crippen LogP contribution in [0.5, 0.6) is 5.88 Å². The predicted octanol–water partition coefficient (Wildman–Crippen LogP) is 4.01. The van der Waals surface area contributed by atoms with Gasteiger partial charge in [0, 0.05) is 18.2 Å². The van der Waals surface area contributed by atoms with Crippen LogP contribution in [0.3, 0.4) is 0 Å². The van der Waals surface area contributed by atoms with Gasteiger partial charge in [0.1, 0.15) is 17.4 Å². The quantitative estimate of drug-likeness (QED) is 0.509. The Balaban J connectivity index is 1.22. The van der Waals surface area contributed by atoms with E-state index in [1.54, 1.807) is 45.2 Å². The topological polar surface area (TPSA) is 83.3 Å². The van der Waals surface area contributed by atoms with Crippen LogP contribution < -0.4 is 4.74 Å². The lowest BCUT2D eigenvalue weighted by molar-refractivity contribution is -0.123. The van der Waals surface area contributed by atoms with Gasteiger partial charge in [-0.1, -0.05) is 11.6 Å². The smallest absolute Gasteiger partial charge is 0.341 e. The van der Waals surface area contributed by atoms with Crippen LogP contribution >= 0.6 is 11.6 Å². The highest BCUT2D eigenvalue weighted by atomic mass is 35.5. The number of halogens is 1. The highest BCUT2D eigenvalue weighted by Gasteiger charge is 2.88. The molecule has 3 saturated carbocycles. The Morgan fingerprint density at radius 3 is 2.40 bits per heavy atom. The third-order valence-electron chi connectivity index (χ3n) is 6.53. The first-order valence-electron chi connectivity index (χ1n) is 10.3. The van der Waals surface area contributed by atoms with E-state index in [1.807, 2.05) is 0 Å². The second-order valence-electron chi connectivity index (χ2n) is 9.61. The first-order valence-corrected chi connectivity index (χ1v) is 10.6. The molecule has 3 fully saturated rings. The monoisotopic (exact) mass is 429 g/mol. The van der Waals surface area contributed by atoms with Crippen molar-refractivity contribution in [2.45, 2.75) is 52.1 Å². The van der Waals surface area contributed by atoms with E-state index in [9.17, 15) is 9.59 Å². The molecule has 3 aliphatic carbocycles. The molecule has 7 nitrogen and oxygen atoms in total. The van der Waals surface area contributed by atoms with E-state index in [1.165, 1.54) is 30.4 Å². The molecule has 8 heteroatoms. The molecule has 2 aromatic heterocycles. The Bertz CT molecular complexity index is 1030. The van der Waals surface area contributed by atoms with Crippen molar-refractivity contribution in [2.75, 3.05) is 6.61 Å². The lowest BCUT2D eigenvalue weighted by Gasteiger charge is -2.19. The summed E-state index contributed by atoms with van der Waals surface area (Å²) < 4.78 is 12.5. The molecule has 5 rings (SSSR count). The molecule has 0 atom stereocenters. The SMILES string of the molecule is CC(C)(C)OC(=O)c1ccc(-n2ccc(OCC(=O)C3C4(CC4)C34CC4)n2)nc1Cl. The number of fused-ring (bicyclic) bond motifs is 1. The molecule has 2 heterocycles. The number of ether oxygens (including phenoxy) is 2. The van der Waals surface area contributed by atoms with Gasteiger partial charge in [-0.3, -0.25) is 4.79 Å². The second-order valence-corrected chi connectivity index (χ2v) is 9.97. The van der Waals surface area contributed by atoms with Crippen molar-refractivity contribution >= 4 is 23.4 Å². The number of Topliss-reactive ketones (excluding diaryl/α,β-unsaturated/α-hetero) is 1. The van der Waals surface area contributed by atoms with Crippen LogP contribution in [0, 0.1) is 16.7 Å². The predicted molar refractivity (Wildman–Crippen MR) is 109 cm³/mol. The van der Waals surface area contributed by atoms with Gasteiger partial charge in [0.15, 0.2) is 11.6 Å². The van der Waals surface area contributed by atoms with Gasteiger partial charge in [-0.15, -0.1) is 5.10 Å². The number of nitrogens with zero attached hydrogens (tertiary/aromatic N) is 3. The highest BCUT2D eigenvalue weighted by Crippen LogP contribution is 2.92. The zero-order valence-electron chi connectivity index (χ0n) is 17.3. The molecule has 0 radical (unpaired) electrons. The molecule has 0 saturated heterocycles. The number of rotatable bonds is 6. The highest BCUT2D eigenvalue weighted by molar-refractivity contribution is 6.32. The van der Waals surface area contributed by atoms with Gasteiger partial charge in [0.25, 0.3) is 0 Å². The maximum atomic E-state index is 12.6. The Morgan fingerprint density at radius 2 is 1.83 bits per heavy atom. The summed E-state index contributed by atoms with van der Waals surface area (Å²) in [6.45, 7) is 5.41. The van der Waals surface area contributed by atoms with Crippen LogP contribution in [0.2, 0.25) is 5.15 Å². The van der Waals surface area contributed by atoms with Crippen molar-refractivity contribution in [3.05, 3.63) is 35.1 Å². The summed E-state index contributed by atoms with van der Waals surface area (Å²) in [5.74, 6) is 0.657. The average Bonchev–Trinajstić information content (AvgIpc) is 3.62. The summed E-state index contributed by atoms with van der Waals surface area (Å²) in [5.41, 5.74) is 0.243. The minimum absolute atomic E-state index is 0.0353. The first kappa shape index (κ1) is 19.5. The number of hydrogen-bond donors (Lipinski definition) is 0. The zero-order valence-corrected chi connectivity index (χ0v) is 18.0. The van der Waals surface area contributed by atoms with Gasteiger partial charge in [-0.2, -0.15) is 0 Å². The number of carbonyl (C=O) groups excluding carboxylic acids is 2. The minimum atomic E-state index is -0.622. The molecular weight excluding hydrogens is 406 g/mol. The molecule has 0 N–H and O–H groups in total. The fourth-order valence-corrected chi connectivity index (χ4v) is 5.20. The molecule has 158 valence electrons. The summed E-state index contributed by atoms with van der Waals surface area (Å²) in [6, 6.07) is 4.87. The maximum Gasteiger partial charge on any atom is 0.341 e. The molecule has 30 heavy (non-hydrogen) atoms. The molecule has 2 spiro atoms. The maximum absolute atomic E-state index is 12.6. The number of ketones is 1. The molecule has 0 bridgehead atoms. The molecule has 0 aromatic carbocycles. The molecular formula is C22H24ClN3O4. The fourth-order valence-electron chi connectivity index (χ4n) is 4.98. The van der Waals surface area contributed by atoms with Crippen LogP contribution in [0.4, 0.5) is 0 Å². The fraction of sp³-hybridized carbons (Fsp3) is 0.545. The van der Waals surface area contributed by atoms with E-state index in [0.717, 1.165) is 0 Å². The largest absolute Gasteiger partial charge is 0.469 e. The van der Waals surface area contributed by atoms with Gasteiger partial charge in [-0.25, -0.2) is 14.5 Å². The lowest BCUT2D eigenvalue weighted by Crippen LogP contribution is -2.24. The van der Waals surface area contributed by atoms with Crippen LogP contribution in [-0.2, 0) is 9.53 Å². The third-order valence-corrected chi connectivity index (χ3v) is 6.82. The average molecular weight is 430 g/mol. The van der Waals surface area contributed by atoms with Crippen molar-refractivity contribution in [1.29, 1.82) is 0 Å². The summed E-state index contributed by atoms with van der Waals surface area (Å²) in [4.78, 5) is 29.0. The van der Waals surface area contributed by atoms with E-state index >= 15 is 0 Å². The van der Waals surface area contributed by atoms with E-state index < -0.39 is 11.6 Å². The van der Waals surface area contributed by atoms with Gasteiger partial charge < -0.3 is 9.47 Å². The Hall–Kier alpha value is -2.41. The molecule has 0 aliphatic heterocycles. The van der Waals surface area contributed by atoms with Crippen molar-refractivity contribution < 1.29 is 19.1 Å². The van der Waals surface area contributed by atoms with Gasteiger partial charge in [0.05, 0.1) is 5.56 Å². The Morgan fingerprint density at radius 1 is 1.17 bits per heavy atom. The van der Waals surface area contributed by atoms with Crippen molar-refractivity contribution in [3.8, 4) is 11.7 Å². The zero-order chi connectivity index (χ0) is 21.3. The third kappa shape index (κ3) is 3.11. The van der Waals surface area contributed by atoms with Crippen LogP contribution in [0.1, 0.15) is 56.8 Å². The first-order chi connectivity index (χ1) is 14.2. The number of esters is 1. The van der Waals surface area contributed by atoms with E-state index in [0.29, 0.717) is 22.5 Å². The van der Waals surface area contributed by atoms with E-state index in [4.69, 9.17) is 21.1 Å². The summed E-state index contributed by atoms with van der Waals surface area (Å²) >= 11 is 6.19. The summed E-state index contributed by atoms with van der Waals surface area (Å²) in [6.07, 6.45) is 6.47. The number of pyridine rings is 1. The van der Waals surface area contributed by atoms with Crippen molar-refractivity contribution in [1.82, 2.24) is 14.8 Å². The van der Waals surface area contributed by atoms with Crippen molar-refractivity contribution in [3.63, 3.8) is 0 Å². The standard InChI is InChI=1S/C22H24ClN3O4/c1-20(2,3)30-19(28)13-4-5-15(24-18(13)23)26-11-6-16(25-26)29-12-14(27)17-21(7-8-21)22(17)9-10-22/h4-6,11,17H,7-10,12H2,1-3H3.